The zero-order chi connectivity index (χ0) is 14.5. The van der Waals surface area contributed by atoms with Gasteiger partial charge in [-0.25, -0.2) is 0 Å². The average Bonchev–Trinajstić information content (AvgIpc) is 2.42. The van der Waals surface area contributed by atoms with E-state index in [0.29, 0.717) is 25.9 Å². The van der Waals surface area contributed by atoms with Crippen LogP contribution in [0, 0.1) is 0 Å². The molecule has 0 fully saturated rings. The number of oxime groups is 1. The monoisotopic (exact) mass is 271 g/mol. The fraction of sp³-hybridized carbons (Fsp3) is 0.857. The molecule has 0 aliphatic heterocycles. The van der Waals surface area contributed by atoms with Crippen molar-refractivity contribution in [3.05, 3.63) is 0 Å². The van der Waals surface area contributed by atoms with Gasteiger partial charge in [0.1, 0.15) is 5.84 Å². The maximum atomic E-state index is 11.9. The molecule has 0 radical (unpaired) electrons. The number of carbonyl (C=O) groups excluding carboxylic acids is 1. The van der Waals surface area contributed by atoms with Crippen LogP contribution in [-0.2, 0) is 4.79 Å². The Morgan fingerprint density at radius 1 is 1.11 bits per heavy atom. The third-order valence-corrected chi connectivity index (χ3v) is 3.24. The van der Waals surface area contributed by atoms with Crippen molar-refractivity contribution in [2.75, 3.05) is 13.1 Å². The Balaban J connectivity index is 3.76. The van der Waals surface area contributed by atoms with Crippen LogP contribution in [0.15, 0.2) is 5.16 Å². The molecule has 0 aromatic heterocycles. The van der Waals surface area contributed by atoms with Gasteiger partial charge in [0.05, 0.1) is 0 Å². The topological polar surface area (TPSA) is 78.9 Å². The first-order chi connectivity index (χ1) is 9.15. The molecule has 0 rings (SSSR count). The first kappa shape index (κ1) is 17.7. The van der Waals surface area contributed by atoms with Crippen molar-refractivity contribution in [3.63, 3.8) is 0 Å². The summed E-state index contributed by atoms with van der Waals surface area (Å²) in [5.74, 6) is 0.342. The van der Waals surface area contributed by atoms with Crippen LogP contribution in [0.1, 0.15) is 65.2 Å². The minimum atomic E-state index is 0.170. The van der Waals surface area contributed by atoms with Crippen molar-refractivity contribution in [1.29, 1.82) is 0 Å². The minimum absolute atomic E-state index is 0.170. The summed E-state index contributed by atoms with van der Waals surface area (Å²) in [6.07, 6.45) is 8.14. The third kappa shape index (κ3) is 9.33. The van der Waals surface area contributed by atoms with E-state index in [0.717, 1.165) is 12.8 Å². The predicted molar refractivity (Wildman–Crippen MR) is 78.3 cm³/mol. The van der Waals surface area contributed by atoms with Crippen LogP contribution in [0.5, 0.6) is 0 Å². The minimum Gasteiger partial charge on any atom is -0.409 e. The van der Waals surface area contributed by atoms with E-state index in [2.05, 4.69) is 12.1 Å². The van der Waals surface area contributed by atoms with E-state index < -0.39 is 0 Å². The molecule has 0 aliphatic carbocycles. The van der Waals surface area contributed by atoms with E-state index in [1.165, 1.54) is 25.7 Å². The number of rotatable bonds is 11. The van der Waals surface area contributed by atoms with Gasteiger partial charge in [-0.3, -0.25) is 4.79 Å². The highest BCUT2D eigenvalue weighted by atomic mass is 16.4. The van der Waals surface area contributed by atoms with Gasteiger partial charge in [0.2, 0.25) is 5.91 Å². The lowest BCUT2D eigenvalue weighted by molar-refractivity contribution is -0.131. The summed E-state index contributed by atoms with van der Waals surface area (Å²) in [7, 11) is 0. The van der Waals surface area contributed by atoms with Crippen LogP contribution >= 0.6 is 0 Å². The summed E-state index contributed by atoms with van der Waals surface area (Å²) in [5, 5.41) is 11.4. The van der Waals surface area contributed by atoms with Crippen LogP contribution < -0.4 is 5.73 Å². The molecule has 5 nitrogen and oxygen atoms in total. The fourth-order valence-electron chi connectivity index (χ4n) is 1.97. The molecule has 0 unspecified atom stereocenters. The van der Waals surface area contributed by atoms with Crippen molar-refractivity contribution in [2.45, 2.75) is 65.2 Å². The largest absolute Gasteiger partial charge is 0.409 e. The van der Waals surface area contributed by atoms with Crippen molar-refractivity contribution in [2.24, 2.45) is 10.9 Å². The lowest BCUT2D eigenvalue weighted by Crippen LogP contribution is -2.33. The number of nitrogens with two attached hydrogens (primary N) is 1. The second-order valence-electron chi connectivity index (χ2n) is 4.83. The number of hydrogen-bond acceptors (Lipinski definition) is 3. The number of amidine groups is 1. The molecule has 112 valence electrons. The Hall–Kier alpha value is -1.26. The highest BCUT2D eigenvalue weighted by Gasteiger charge is 2.11. The molecular weight excluding hydrogens is 242 g/mol. The first-order valence-electron chi connectivity index (χ1n) is 7.39. The van der Waals surface area contributed by atoms with Gasteiger partial charge in [-0.2, -0.15) is 0 Å². The molecule has 3 N–H and O–H groups in total. The molecular formula is C14H29N3O2. The number of nitrogens with zero attached hydrogens (tertiary/aromatic N) is 2. The normalized spacial score (nSPS) is 11.6. The zero-order valence-electron chi connectivity index (χ0n) is 12.4. The van der Waals surface area contributed by atoms with Crippen LogP contribution in [0.2, 0.25) is 0 Å². The zero-order valence-corrected chi connectivity index (χ0v) is 12.4. The van der Waals surface area contributed by atoms with Crippen LogP contribution in [0.4, 0.5) is 0 Å². The molecule has 19 heavy (non-hydrogen) atoms. The Morgan fingerprint density at radius 3 is 2.32 bits per heavy atom. The summed E-state index contributed by atoms with van der Waals surface area (Å²) in [6.45, 7) is 5.35. The molecule has 1 amide bonds. The highest BCUT2D eigenvalue weighted by Crippen LogP contribution is 2.08. The van der Waals surface area contributed by atoms with Crippen molar-refractivity contribution < 1.29 is 10.0 Å². The Kier molecular flexibility index (Phi) is 11.0. The standard InChI is InChI=1S/C14H29N3O2/c1-3-5-6-7-8-9-10-14(18)17(4-2)12-11-13(15)16-19/h19H,3-12H2,1-2H3,(H2,15,16). The second kappa shape index (κ2) is 11.8. The molecule has 5 heteroatoms. The molecule has 0 aromatic rings. The first-order valence-corrected chi connectivity index (χ1v) is 7.39. The summed E-state index contributed by atoms with van der Waals surface area (Å²) in [6, 6.07) is 0. The van der Waals surface area contributed by atoms with Gasteiger partial charge in [0, 0.05) is 25.9 Å². The van der Waals surface area contributed by atoms with Crippen LogP contribution in [0.3, 0.4) is 0 Å². The molecule has 0 heterocycles. The summed E-state index contributed by atoms with van der Waals surface area (Å²) in [5.41, 5.74) is 5.41. The smallest absolute Gasteiger partial charge is 0.222 e. The summed E-state index contributed by atoms with van der Waals surface area (Å²) >= 11 is 0. The van der Waals surface area contributed by atoms with Gasteiger partial charge in [-0.15, -0.1) is 0 Å². The molecule has 0 atom stereocenters. The summed E-state index contributed by atoms with van der Waals surface area (Å²) < 4.78 is 0. The summed E-state index contributed by atoms with van der Waals surface area (Å²) in [4.78, 5) is 13.7. The molecule has 0 saturated heterocycles. The number of unbranched alkanes of at least 4 members (excludes halogenated alkanes) is 5. The molecule has 0 spiro atoms. The van der Waals surface area contributed by atoms with Gasteiger partial charge in [-0.05, 0) is 13.3 Å². The van der Waals surface area contributed by atoms with E-state index in [1.807, 2.05) is 6.92 Å². The predicted octanol–water partition coefficient (Wildman–Crippen LogP) is 2.72. The van der Waals surface area contributed by atoms with Crippen LogP contribution in [-0.4, -0.2) is 34.9 Å². The van der Waals surface area contributed by atoms with Gasteiger partial charge >= 0.3 is 0 Å². The number of amides is 1. The van der Waals surface area contributed by atoms with Gasteiger partial charge in [0.15, 0.2) is 0 Å². The van der Waals surface area contributed by atoms with Gasteiger partial charge in [-0.1, -0.05) is 44.2 Å². The SMILES string of the molecule is CCCCCCCCC(=O)N(CC)CCC(N)=NO. The maximum Gasteiger partial charge on any atom is 0.222 e. The second-order valence-corrected chi connectivity index (χ2v) is 4.83. The third-order valence-electron chi connectivity index (χ3n) is 3.24. The molecule has 0 aromatic carbocycles. The van der Waals surface area contributed by atoms with E-state index in [-0.39, 0.29) is 11.7 Å². The van der Waals surface area contributed by atoms with Crippen molar-refractivity contribution >= 4 is 11.7 Å². The highest BCUT2D eigenvalue weighted by molar-refractivity contribution is 5.81. The lowest BCUT2D eigenvalue weighted by Gasteiger charge is -2.20. The number of hydrogen-bond donors (Lipinski definition) is 2. The van der Waals surface area contributed by atoms with Gasteiger partial charge in [0.25, 0.3) is 0 Å². The Morgan fingerprint density at radius 2 is 1.74 bits per heavy atom. The molecule has 0 bridgehead atoms. The molecule has 0 saturated carbocycles. The average molecular weight is 271 g/mol. The van der Waals surface area contributed by atoms with E-state index >= 15 is 0 Å². The van der Waals surface area contributed by atoms with Gasteiger partial charge < -0.3 is 15.8 Å². The Bertz CT molecular complexity index is 267. The Labute approximate surface area is 116 Å². The maximum absolute atomic E-state index is 11.9. The lowest BCUT2D eigenvalue weighted by atomic mass is 10.1. The molecule has 0 aliphatic rings. The van der Waals surface area contributed by atoms with Crippen molar-refractivity contribution in [1.82, 2.24) is 4.90 Å². The fourth-order valence-corrected chi connectivity index (χ4v) is 1.97. The van der Waals surface area contributed by atoms with Crippen molar-refractivity contribution in [3.8, 4) is 0 Å². The van der Waals surface area contributed by atoms with Crippen LogP contribution in [0.25, 0.3) is 0 Å². The quantitative estimate of drug-likeness (QED) is 0.199. The van der Waals surface area contributed by atoms with E-state index in [4.69, 9.17) is 10.9 Å². The van der Waals surface area contributed by atoms with E-state index in [1.54, 1.807) is 4.90 Å². The van der Waals surface area contributed by atoms with E-state index in [9.17, 15) is 4.79 Å². The number of carbonyl (C=O) groups is 1.